The smallest absolute Gasteiger partial charge is 0.232 e. The van der Waals surface area contributed by atoms with Crippen LogP contribution >= 0.6 is 0 Å². The van der Waals surface area contributed by atoms with Crippen molar-refractivity contribution in [2.24, 2.45) is 7.05 Å². The molecule has 0 aliphatic heterocycles. The summed E-state index contributed by atoms with van der Waals surface area (Å²) in [4.78, 5) is 1.70. The van der Waals surface area contributed by atoms with Gasteiger partial charge in [0.05, 0.1) is 0 Å². The number of phenols is 2. The third kappa shape index (κ3) is 1.82. The second-order valence-corrected chi connectivity index (χ2v) is 3.65. The largest absolute Gasteiger partial charge is 0.504 e. The van der Waals surface area contributed by atoms with Gasteiger partial charge in [-0.05, 0) is 12.1 Å². The van der Waals surface area contributed by atoms with Gasteiger partial charge < -0.3 is 20.8 Å². The summed E-state index contributed by atoms with van der Waals surface area (Å²) in [6.07, 6.45) is 0. The summed E-state index contributed by atoms with van der Waals surface area (Å²) < 4.78 is 1.61. The maximum Gasteiger partial charge on any atom is 0.232 e. The lowest BCUT2D eigenvalue weighted by atomic mass is 10.2. The Morgan fingerprint density at radius 3 is 2.47 bits per heavy atom. The highest BCUT2D eigenvalue weighted by atomic mass is 16.3. The van der Waals surface area contributed by atoms with Crippen molar-refractivity contribution >= 4 is 17.6 Å². The normalized spacial score (nSPS) is 10.5. The second kappa shape index (κ2) is 3.85. The van der Waals surface area contributed by atoms with Crippen molar-refractivity contribution in [1.82, 2.24) is 14.8 Å². The van der Waals surface area contributed by atoms with Gasteiger partial charge in [0.25, 0.3) is 0 Å². The Morgan fingerprint density at radius 2 is 1.94 bits per heavy atom. The number of nitrogen functional groups attached to an aromatic ring is 1. The van der Waals surface area contributed by atoms with Gasteiger partial charge in [-0.3, -0.25) is 4.57 Å². The molecular weight excluding hydrogens is 222 g/mol. The van der Waals surface area contributed by atoms with E-state index in [-0.39, 0.29) is 11.5 Å². The minimum absolute atomic E-state index is 0.167. The zero-order valence-corrected chi connectivity index (χ0v) is 9.49. The average Bonchev–Trinajstić information content (AvgIpc) is 2.63. The molecule has 2 rings (SSSR count). The predicted molar refractivity (Wildman–Crippen MR) is 63.3 cm³/mol. The molecule has 17 heavy (non-hydrogen) atoms. The van der Waals surface area contributed by atoms with E-state index in [2.05, 4.69) is 10.2 Å². The topological polar surface area (TPSA) is 100 Å². The van der Waals surface area contributed by atoms with Crippen molar-refractivity contribution < 1.29 is 10.2 Å². The summed E-state index contributed by atoms with van der Waals surface area (Å²) >= 11 is 0. The fourth-order valence-corrected chi connectivity index (χ4v) is 1.46. The van der Waals surface area contributed by atoms with Crippen LogP contribution in [0, 0.1) is 0 Å². The molecule has 0 saturated heterocycles. The zero-order valence-electron chi connectivity index (χ0n) is 9.49. The Kier molecular flexibility index (Phi) is 2.51. The molecule has 4 N–H and O–H groups in total. The minimum atomic E-state index is -0.190. The SMILES string of the molecule is CN(c1ccc(O)c(O)c1)c1nnc(N)n1C. The number of phenolic OH excluding ortho intramolecular Hbond substituents is 2. The van der Waals surface area contributed by atoms with Crippen LogP contribution in [0.4, 0.5) is 17.6 Å². The maximum atomic E-state index is 9.43. The van der Waals surface area contributed by atoms with Gasteiger partial charge >= 0.3 is 0 Å². The Bertz CT molecular complexity index is 552. The number of benzene rings is 1. The number of anilines is 3. The summed E-state index contributed by atoms with van der Waals surface area (Å²) in [6, 6.07) is 4.49. The molecular formula is C10H13N5O2. The number of hydrogen-bond donors (Lipinski definition) is 3. The van der Waals surface area contributed by atoms with Crippen LogP contribution in [0.5, 0.6) is 11.5 Å². The van der Waals surface area contributed by atoms with Gasteiger partial charge in [-0.25, -0.2) is 0 Å². The van der Waals surface area contributed by atoms with Gasteiger partial charge in [-0.15, -0.1) is 10.2 Å². The van der Waals surface area contributed by atoms with E-state index >= 15 is 0 Å². The molecule has 0 atom stereocenters. The van der Waals surface area contributed by atoms with E-state index in [4.69, 9.17) is 5.73 Å². The molecule has 7 heteroatoms. The molecule has 0 fully saturated rings. The second-order valence-electron chi connectivity index (χ2n) is 3.65. The van der Waals surface area contributed by atoms with E-state index in [9.17, 15) is 10.2 Å². The van der Waals surface area contributed by atoms with Crippen molar-refractivity contribution in [2.75, 3.05) is 17.7 Å². The number of hydrogen-bond acceptors (Lipinski definition) is 6. The van der Waals surface area contributed by atoms with Gasteiger partial charge in [0.1, 0.15) is 0 Å². The molecule has 2 aromatic rings. The number of nitrogens with zero attached hydrogens (tertiary/aromatic N) is 4. The molecule has 0 bridgehead atoms. The fourth-order valence-electron chi connectivity index (χ4n) is 1.46. The van der Waals surface area contributed by atoms with E-state index in [1.807, 2.05) is 0 Å². The number of aromatic hydroxyl groups is 2. The molecule has 0 unspecified atom stereocenters. The molecule has 90 valence electrons. The van der Waals surface area contributed by atoms with Crippen LogP contribution in [0.2, 0.25) is 0 Å². The van der Waals surface area contributed by atoms with E-state index < -0.39 is 0 Å². The molecule has 0 saturated carbocycles. The summed E-state index contributed by atoms with van der Waals surface area (Å²) in [5.74, 6) is 0.478. The summed E-state index contributed by atoms with van der Waals surface area (Å²) in [6.45, 7) is 0. The maximum absolute atomic E-state index is 9.43. The minimum Gasteiger partial charge on any atom is -0.504 e. The Balaban J connectivity index is 2.40. The lowest BCUT2D eigenvalue weighted by molar-refractivity contribution is 0.404. The van der Waals surface area contributed by atoms with Crippen LogP contribution in [0.3, 0.4) is 0 Å². The van der Waals surface area contributed by atoms with Crippen molar-refractivity contribution in [2.45, 2.75) is 0 Å². The molecule has 0 aliphatic rings. The third-order valence-corrected chi connectivity index (χ3v) is 2.53. The monoisotopic (exact) mass is 235 g/mol. The highest BCUT2D eigenvalue weighted by molar-refractivity contribution is 5.61. The first-order valence-corrected chi connectivity index (χ1v) is 4.91. The van der Waals surface area contributed by atoms with E-state index in [1.54, 1.807) is 29.6 Å². The molecule has 1 heterocycles. The molecule has 1 aromatic carbocycles. The lowest BCUT2D eigenvalue weighted by Gasteiger charge is -2.17. The van der Waals surface area contributed by atoms with Crippen LogP contribution in [0.25, 0.3) is 0 Å². The van der Waals surface area contributed by atoms with Gasteiger partial charge in [0.15, 0.2) is 11.5 Å². The molecule has 0 amide bonds. The molecule has 7 nitrogen and oxygen atoms in total. The highest BCUT2D eigenvalue weighted by Gasteiger charge is 2.13. The standard InChI is InChI=1S/C10H13N5O2/c1-14(10-13-12-9(11)15(10)2)6-3-4-7(16)8(17)5-6/h3-5,16-17H,1-2H3,(H2,11,12). The van der Waals surface area contributed by atoms with Crippen LogP contribution in [-0.2, 0) is 7.05 Å². The average molecular weight is 235 g/mol. The molecule has 0 aliphatic carbocycles. The first-order chi connectivity index (χ1) is 8.00. The van der Waals surface area contributed by atoms with E-state index in [1.165, 1.54) is 12.1 Å². The fraction of sp³-hybridized carbons (Fsp3) is 0.200. The van der Waals surface area contributed by atoms with Gasteiger partial charge in [-0.2, -0.15) is 0 Å². The highest BCUT2D eigenvalue weighted by Crippen LogP contribution is 2.31. The lowest BCUT2D eigenvalue weighted by Crippen LogP contribution is -2.14. The molecule has 0 spiro atoms. The van der Waals surface area contributed by atoms with Crippen LogP contribution < -0.4 is 10.6 Å². The van der Waals surface area contributed by atoms with Gasteiger partial charge in [0.2, 0.25) is 11.9 Å². The number of nitrogens with two attached hydrogens (primary N) is 1. The molecule has 0 radical (unpaired) electrons. The van der Waals surface area contributed by atoms with Crippen molar-refractivity contribution in [3.63, 3.8) is 0 Å². The Hall–Kier alpha value is -2.44. The number of rotatable bonds is 2. The summed E-state index contributed by atoms with van der Waals surface area (Å²) in [7, 11) is 3.50. The first kappa shape index (κ1) is 11.1. The van der Waals surface area contributed by atoms with E-state index in [0.29, 0.717) is 17.6 Å². The van der Waals surface area contributed by atoms with Gasteiger partial charge in [0, 0.05) is 25.8 Å². The molecule has 1 aromatic heterocycles. The van der Waals surface area contributed by atoms with Crippen LogP contribution in [0.15, 0.2) is 18.2 Å². The zero-order chi connectivity index (χ0) is 12.6. The number of aromatic nitrogens is 3. The Labute approximate surface area is 97.7 Å². The summed E-state index contributed by atoms with van der Waals surface area (Å²) in [5.41, 5.74) is 6.25. The predicted octanol–water partition coefficient (Wildman–Crippen LogP) is 0.576. The van der Waals surface area contributed by atoms with Gasteiger partial charge in [-0.1, -0.05) is 0 Å². The van der Waals surface area contributed by atoms with Crippen LogP contribution in [0.1, 0.15) is 0 Å². The quantitative estimate of drug-likeness (QED) is 0.658. The van der Waals surface area contributed by atoms with Crippen molar-refractivity contribution in [1.29, 1.82) is 0 Å². The Morgan fingerprint density at radius 1 is 1.24 bits per heavy atom. The van der Waals surface area contributed by atoms with Crippen molar-refractivity contribution in [3.8, 4) is 11.5 Å². The van der Waals surface area contributed by atoms with Crippen LogP contribution in [-0.4, -0.2) is 32.0 Å². The summed E-state index contributed by atoms with van der Waals surface area (Å²) in [5, 5.41) is 26.3. The third-order valence-electron chi connectivity index (χ3n) is 2.53. The van der Waals surface area contributed by atoms with Crippen molar-refractivity contribution in [3.05, 3.63) is 18.2 Å². The first-order valence-electron chi connectivity index (χ1n) is 4.91. The van der Waals surface area contributed by atoms with E-state index in [0.717, 1.165) is 0 Å².